The lowest BCUT2D eigenvalue weighted by Gasteiger charge is -2.28. The number of hydrogen-bond acceptors (Lipinski definition) is 2. The topological polar surface area (TPSA) is 55.1 Å². The van der Waals surface area contributed by atoms with Gasteiger partial charge in [-0.15, -0.1) is 0 Å². The predicted molar refractivity (Wildman–Crippen MR) is 61.3 cm³/mol. The Bertz CT molecular complexity index is 287. The standard InChI is InChI=1S/C10H16F2N2OS/c1-6(8(13)16)14-9(15)7-2-4-10(11,12)5-3-7/h6-7H,2-5H2,1H3,(H2,13,16)(H,14,15). The Morgan fingerprint density at radius 2 is 2.00 bits per heavy atom. The lowest BCUT2D eigenvalue weighted by Crippen LogP contribution is -2.45. The molecule has 92 valence electrons. The van der Waals surface area contributed by atoms with Crippen LogP contribution in [0.15, 0.2) is 0 Å². The molecule has 1 unspecified atom stereocenters. The minimum Gasteiger partial charge on any atom is -0.392 e. The van der Waals surface area contributed by atoms with E-state index in [0.717, 1.165) is 0 Å². The van der Waals surface area contributed by atoms with Crippen molar-refractivity contribution in [3.8, 4) is 0 Å². The van der Waals surface area contributed by atoms with Crippen LogP contribution < -0.4 is 11.1 Å². The number of thiocarbonyl (C=S) groups is 1. The summed E-state index contributed by atoms with van der Waals surface area (Å²) >= 11 is 4.72. The molecule has 0 heterocycles. The van der Waals surface area contributed by atoms with Crippen LogP contribution >= 0.6 is 12.2 Å². The van der Waals surface area contributed by atoms with Crippen LogP contribution in [-0.4, -0.2) is 22.9 Å². The summed E-state index contributed by atoms with van der Waals surface area (Å²) in [7, 11) is 0. The minimum atomic E-state index is -2.61. The first-order valence-corrected chi connectivity index (χ1v) is 5.70. The second-order valence-electron chi connectivity index (χ2n) is 4.26. The van der Waals surface area contributed by atoms with Gasteiger partial charge in [0, 0.05) is 18.8 Å². The third-order valence-corrected chi connectivity index (χ3v) is 3.23. The van der Waals surface area contributed by atoms with Crippen LogP contribution in [0, 0.1) is 5.92 Å². The van der Waals surface area contributed by atoms with E-state index in [1.807, 2.05) is 0 Å². The van der Waals surface area contributed by atoms with Gasteiger partial charge in [-0.25, -0.2) is 8.78 Å². The molecule has 3 nitrogen and oxygen atoms in total. The first-order chi connectivity index (χ1) is 7.32. The van der Waals surface area contributed by atoms with Crippen molar-refractivity contribution in [2.24, 2.45) is 11.7 Å². The largest absolute Gasteiger partial charge is 0.392 e. The van der Waals surface area contributed by atoms with E-state index in [1.165, 1.54) is 0 Å². The fourth-order valence-corrected chi connectivity index (χ4v) is 1.76. The molecule has 0 radical (unpaired) electrons. The van der Waals surface area contributed by atoms with Crippen molar-refractivity contribution in [3.05, 3.63) is 0 Å². The summed E-state index contributed by atoms with van der Waals surface area (Å²) in [5, 5.41) is 2.63. The molecule has 0 bridgehead atoms. The Morgan fingerprint density at radius 1 is 1.50 bits per heavy atom. The Morgan fingerprint density at radius 3 is 2.44 bits per heavy atom. The lowest BCUT2D eigenvalue weighted by atomic mass is 9.86. The summed E-state index contributed by atoms with van der Waals surface area (Å²) in [6.45, 7) is 1.68. The maximum Gasteiger partial charge on any atom is 0.248 e. The Balaban J connectivity index is 2.42. The molecule has 6 heteroatoms. The summed E-state index contributed by atoms with van der Waals surface area (Å²) in [4.78, 5) is 11.9. The van der Waals surface area contributed by atoms with E-state index in [-0.39, 0.29) is 48.5 Å². The molecule has 0 aromatic carbocycles. The maximum absolute atomic E-state index is 12.9. The highest BCUT2D eigenvalue weighted by Crippen LogP contribution is 2.36. The number of amides is 1. The van der Waals surface area contributed by atoms with Crippen LogP contribution in [0.2, 0.25) is 0 Å². The Kier molecular flexibility index (Phi) is 4.18. The van der Waals surface area contributed by atoms with Gasteiger partial charge < -0.3 is 11.1 Å². The predicted octanol–water partition coefficient (Wildman–Crippen LogP) is 1.60. The van der Waals surface area contributed by atoms with E-state index >= 15 is 0 Å². The Labute approximate surface area is 98.8 Å². The fourth-order valence-electron chi connectivity index (χ4n) is 1.70. The van der Waals surface area contributed by atoms with Crippen LogP contribution in [0.25, 0.3) is 0 Å². The zero-order chi connectivity index (χ0) is 12.3. The van der Waals surface area contributed by atoms with Gasteiger partial charge in [0.1, 0.15) is 0 Å². The first-order valence-electron chi connectivity index (χ1n) is 5.29. The number of alkyl halides is 2. The van der Waals surface area contributed by atoms with E-state index < -0.39 is 5.92 Å². The zero-order valence-electron chi connectivity index (χ0n) is 9.13. The number of nitrogens with two attached hydrogens (primary N) is 1. The van der Waals surface area contributed by atoms with Crippen LogP contribution in [-0.2, 0) is 4.79 Å². The number of hydrogen-bond donors (Lipinski definition) is 2. The molecule has 1 saturated carbocycles. The number of carbonyl (C=O) groups excluding carboxylic acids is 1. The van der Waals surface area contributed by atoms with Crippen LogP contribution in [0.3, 0.4) is 0 Å². The second-order valence-corrected chi connectivity index (χ2v) is 4.73. The van der Waals surface area contributed by atoms with Crippen LogP contribution in [0.5, 0.6) is 0 Å². The zero-order valence-corrected chi connectivity index (χ0v) is 9.95. The molecule has 1 aliphatic carbocycles. The highest BCUT2D eigenvalue weighted by Gasteiger charge is 2.37. The smallest absolute Gasteiger partial charge is 0.248 e. The quantitative estimate of drug-likeness (QED) is 0.748. The third-order valence-electron chi connectivity index (χ3n) is 2.87. The molecular formula is C10H16F2N2OS. The van der Waals surface area contributed by atoms with E-state index in [9.17, 15) is 13.6 Å². The normalized spacial score (nSPS) is 22.4. The molecular weight excluding hydrogens is 234 g/mol. The van der Waals surface area contributed by atoms with Gasteiger partial charge in [-0.3, -0.25) is 4.79 Å². The summed E-state index contributed by atoms with van der Waals surface area (Å²) < 4.78 is 25.7. The van der Waals surface area contributed by atoms with Gasteiger partial charge in [0.05, 0.1) is 11.0 Å². The number of carbonyl (C=O) groups is 1. The van der Waals surface area contributed by atoms with Gasteiger partial charge in [0.25, 0.3) is 0 Å². The van der Waals surface area contributed by atoms with E-state index in [4.69, 9.17) is 18.0 Å². The average molecular weight is 250 g/mol. The van der Waals surface area contributed by atoms with Crippen molar-refractivity contribution in [3.63, 3.8) is 0 Å². The summed E-state index contributed by atoms with van der Waals surface area (Å²) in [5.41, 5.74) is 5.35. The SMILES string of the molecule is CC(NC(=O)C1CCC(F)(F)CC1)C(N)=S. The van der Waals surface area contributed by atoms with Crippen molar-refractivity contribution in [2.45, 2.75) is 44.6 Å². The molecule has 0 spiro atoms. The van der Waals surface area contributed by atoms with Crippen molar-refractivity contribution >= 4 is 23.1 Å². The molecule has 1 rings (SSSR count). The van der Waals surface area contributed by atoms with Crippen molar-refractivity contribution < 1.29 is 13.6 Å². The highest BCUT2D eigenvalue weighted by molar-refractivity contribution is 7.80. The molecule has 3 N–H and O–H groups in total. The Hall–Kier alpha value is -0.780. The molecule has 0 aliphatic heterocycles. The lowest BCUT2D eigenvalue weighted by molar-refractivity contribution is -0.129. The molecule has 0 aromatic heterocycles. The van der Waals surface area contributed by atoms with Gasteiger partial charge in [-0.1, -0.05) is 12.2 Å². The number of halogens is 2. The van der Waals surface area contributed by atoms with Gasteiger partial charge in [-0.05, 0) is 19.8 Å². The van der Waals surface area contributed by atoms with E-state index in [2.05, 4.69) is 5.32 Å². The van der Waals surface area contributed by atoms with E-state index in [0.29, 0.717) is 0 Å². The molecule has 1 amide bonds. The van der Waals surface area contributed by atoms with Gasteiger partial charge >= 0.3 is 0 Å². The summed E-state index contributed by atoms with van der Waals surface area (Å²) in [6.07, 6.45) is 0.0187. The number of nitrogens with one attached hydrogen (secondary N) is 1. The van der Waals surface area contributed by atoms with Gasteiger partial charge in [0.2, 0.25) is 11.8 Å². The minimum absolute atomic E-state index is 0.203. The average Bonchev–Trinajstić information content (AvgIpc) is 2.17. The van der Waals surface area contributed by atoms with E-state index in [1.54, 1.807) is 6.92 Å². The molecule has 1 fully saturated rings. The summed E-state index contributed by atoms with van der Waals surface area (Å²) in [5.74, 6) is -3.17. The highest BCUT2D eigenvalue weighted by atomic mass is 32.1. The molecule has 1 atom stereocenters. The first kappa shape index (κ1) is 13.3. The van der Waals surface area contributed by atoms with Crippen LogP contribution in [0.1, 0.15) is 32.6 Å². The summed E-state index contributed by atoms with van der Waals surface area (Å²) in [6, 6.07) is -0.384. The molecule has 1 aliphatic rings. The van der Waals surface area contributed by atoms with Crippen molar-refractivity contribution in [1.29, 1.82) is 0 Å². The fraction of sp³-hybridized carbons (Fsp3) is 0.800. The molecule has 0 saturated heterocycles. The van der Waals surface area contributed by atoms with Gasteiger partial charge in [0.15, 0.2) is 0 Å². The number of rotatable bonds is 3. The molecule has 16 heavy (non-hydrogen) atoms. The van der Waals surface area contributed by atoms with Crippen molar-refractivity contribution in [1.82, 2.24) is 5.32 Å². The van der Waals surface area contributed by atoms with Crippen molar-refractivity contribution in [2.75, 3.05) is 0 Å². The maximum atomic E-state index is 12.9. The second kappa shape index (κ2) is 5.03. The molecule has 0 aromatic rings. The monoisotopic (exact) mass is 250 g/mol. The van der Waals surface area contributed by atoms with Crippen LogP contribution in [0.4, 0.5) is 8.78 Å². The van der Waals surface area contributed by atoms with Gasteiger partial charge in [-0.2, -0.15) is 0 Å². The third kappa shape index (κ3) is 3.66.